The maximum atomic E-state index is 12.5. The number of fused-ring (bicyclic) bond motifs is 2. The van der Waals surface area contributed by atoms with E-state index in [1.54, 1.807) is 0 Å². The molecule has 3 atom stereocenters. The van der Waals surface area contributed by atoms with Crippen molar-refractivity contribution in [3.05, 3.63) is 58.3 Å². The molecule has 1 aromatic carbocycles. The molecule has 2 amide bonds. The van der Waals surface area contributed by atoms with Gasteiger partial charge in [-0.25, -0.2) is 4.79 Å². The largest absolute Gasteiger partial charge is 0.477 e. The van der Waals surface area contributed by atoms with E-state index >= 15 is 0 Å². The van der Waals surface area contributed by atoms with Gasteiger partial charge in [0.05, 0.1) is 11.7 Å². The Labute approximate surface area is 154 Å². The highest BCUT2D eigenvalue weighted by Gasteiger charge is 2.58. The maximum absolute atomic E-state index is 12.5. The first-order chi connectivity index (χ1) is 12.4. The molecule has 0 radical (unpaired) electrons. The zero-order chi connectivity index (χ0) is 18.6. The van der Waals surface area contributed by atoms with Gasteiger partial charge in [-0.1, -0.05) is 35.9 Å². The van der Waals surface area contributed by atoms with E-state index in [2.05, 4.69) is 5.32 Å². The smallest absolute Gasteiger partial charge is 0.352 e. The number of allylic oxidation sites excluding steroid dienone is 1. The van der Waals surface area contributed by atoms with Gasteiger partial charge in [0.1, 0.15) is 17.1 Å². The van der Waals surface area contributed by atoms with Gasteiger partial charge in [0.2, 0.25) is 5.91 Å². The standard InChI is InChI=1S/C19H18N2O4S/c1-9-10(2)16-13(9)15(19(24)25)21-17(23)14(18(21)26-16)20-12(22)8-11-6-4-3-5-7-11/h3-7,14,16,18H,8H2,1-2H3,(H,20,22)(H,24,25)/t14-,16+,18-/m1/s1. The van der Waals surface area contributed by atoms with Crippen LogP contribution in [0.5, 0.6) is 0 Å². The molecule has 3 aliphatic rings. The molecule has 2 N–H and O–H groups in total. The Morgan fingerprint density at radius 1 is 1.23 bits per heavy atom. The second-order valence-electron chi connectivity index (χ2n) is 6.70. The number of nitrogens with one attached hydrogen (secondary N) is 1. The Kier molecular flexibility index (Phi) is 3.91. The number of rotatable bonds is 4. The molecule has 1 saturated heterocycles. The van der Waals surface area contributed by atoms with Gasteiger partial charge in [0.25, 0.3) is 5.91 Å². The summed E-state index contributed by atoms with van der Waals surface area (Å²) < 4.78 is 0. The number of carboxylic acids is 1. The molecule has 1 fully saturated rings. The van der Waals surface area contributed by atoms with Crippen molar-refractivity contribution in [2.45, 2.75) is 36.9 Å². The maximum Gasteiger partial charge on any atom is 0.352 e. The normalized spacial score (nSPS) is 26.6. The van der Waals surface area contributed by atoms with Crippen LogP contribution in [0.25, 0.3) is 0 Å². The van der Waals surface area contributed by atoms with Crippen LogP contribution >= 0.6 is 11.8 Å². The predicted octanol–water partition coefficient (Wildman–Crippen LogP) is 1.69. The summed E-state index contributed by atoms with van der Waals surface area (Å²) in [6.07, 6.45) is 0.191. The number of thioether (sulfide) groups is 1. The van der Waals surface area contributed by atoms with Crippen LogP contribution in [0.1, 0.15) is 19.4 Å². The lowest BCUT2D eigenvalue weighted by atomic mass is 9.81. The van der Waals surface area contributed by atoms with E-state index in [9.17, 15) is 19.5 Å². The Morgan fingerprint density at radius 3 is 2.58 bits per heavy atom. The minimum Gasteiger partial charge on any atom is -0.477 e. The van der Waals surface area contributed by atoms with Crippen molar-refractivity contribution in [1.82, 2.24) is 10.2 Å². The molecule has 6 nitrogen and oxygen atoms in total. The molecule has 0 saturated carbocycles. The Bertz CT molecular complexity index is 890. The fourth-order valence-electron chi connectivity index (χ4n) is 3.68. The Morgan fingerprint density at radius 2 is 1.92 bits per heavy atom. The monoisotopic (exact) mass is 370 g/mol. The minimum absolute atomic E-state index is 0.0102. The van der Waals surface area contributed by atoms with E-state index in [4.69, 9.17) is 0 Å². The van der Waals surface area contributed by atoms with Gasteiger partial charge < -0.3 is 10.4 Å². The SMILES string of the molecule is CC1=C(C)[C@@H]2S[C@@H]3[C@H](NC(=O)Cc4ccccc4)C(=O)N3C(C(=O)O)=C12. The van der Waals surface area contributed by atoms with Crippen LogP contribution in [-0.2, 0) is 20.8 Å². The second kappa shape index (κ2) is 6.02. The molecule has 2 aliphatic heterocycles. The number of carboxylic acid groups (broad SMARTS) is 1. The highest BCUT2D eigenvalue weighted by atomic mass is 32.2. The fraction of sp³-hybridized carbons (Fsp3) is 0.316. The van der Waals surface area contributed by atoms with Gasteiger partial charge in [0, 0.05) is 5.57 Å². The molecule has 4 rings (SSSR count). The summed E-state index contributed by atoms with van der Waals surface area (Å²) in [7, 11) is 0. The van der Waals surface area contributed by atoms with Crippen molar-refractivity contribution < 1.29 is 19.5 Å². The molecule has 1 aliphatic carbocycles. The van der Waals surface area contributed by atoms with E-state index in [0.717, 1.165) is 22.3 Å². The van der Waals surface area contributed by atoms with Crippen molar-refractivity contribution in [3.8, 4) is 0 Å². The van der Waals surface area contributed by atoms with Gasteiger partial charge in [-0.05, 0) is 25.0 Å². The van der Waals surface area contributed by atoms with E-state index in [1.165, 1.54) is 16.7 Å². The average molecular weight is 370 g/mol. The molecule has 1 aromatic rings. The van der Waals surface area contributed by atoms with Crippen molar-refractivity contribution >= 4 is 29.5 Å². The summed E-state index contributed by atoms with van der Waals surface area (Å²) in [5.74, 6) is -1.69. The molecule has 26 heavy (non-hydrogen) atoms. The van der Waals surface area contributed by atoms with Gasteiger partial charge >= 0.3 is 5.97 Å². The van der Waals surface area contributed by atoms with Gasteiger partial charge in [-0.15, -0.1) is 11.8 Å². The fourth-order valence-corrected chi connectivity index (χ4v) is 5.44. The van der Waals surface area contributed by atoms with Gasteiger partial charge in [0.15, 0.2) is 0 Å². The molecule has 0 aromatic heterocycles. The third-order valence-electron chi connectivity index (χ3n) is 5.19. The molecule has 7 heteroatoms. The molecular weight excluding hydrogens is 352 g/mol. The van der Waals surface area contributed by atoms with E-state index in [1.807, 2.05) is 44.2 Å². The van der Waals surface area contributed by atoms with Gasteiger partial charge in [-0.3, -0.25) is 14.5 Å². The lowest BCUT2D eigenvalue weighted by Crippen LogP contribution is -2.71. The lowest BCUT2D eigenvalue weighted by Gasteiger charge is -2.54. The van der Waals surface area contributed by atoms with Crippen molar-refractivity contribution in [2.24, 2.45) is 0 Å². The number of carbonyl (C=O) groups excluding carboxylic acids is 2. The van der Waals surface area contributed by atoms with Crippen LogP contribution in [0.3, 0.4) is 0 Å². The van der Waals surface area contributed by atoms with Crippen LogP contribution in [0.15, 0.2) is 52.7 Å². The van der Waals surface area contributed by atoms with Crippen molar-refractivity contribution in [2.75, 3.05) is 0 Å². The summed E-state index contributed by atoms with van der Waals surface area (Å²) in [6, 6.07) is 8.62. The van der Waals surface area contributed by atoms with E-state index < -0.39 is 12.0 Å². The molecule has 134 valence electrons. The van der Waals surface area contributed by atoms with Crippen LogP contribution in [0.2, 0.25) is 0 Å². The molecule has 2 heterocycles. The zero-order valence-electron chi connectivity index (χ0n) is 14.4. The number of hydrogen-bond acceptors (Lipinski definition) is 4. The first-order valence-electron chi connectivity index (χ1n) is 8.37. The quantitative estimate of drug-likeness (QED) is 0.788. The first kappa shape index (κ1) is 16.9. The molecule has 0 spiro atoms. The number of β-lactam (4-membered cyclic amide) rings is 1. The summed E-state index contributed by atoms with van der Waals surface area (Å²) >= 11 is 1.54. The number of aliphatic carboxylic acids is 1. The number of hydrogen-bond donors (Lipinski definition) is 2. The summed E-state index contributed by atoms with van der Waals surface area (Å²) in [5.41, 5.74) is 3.76. The molecular formula is C19H18N2O4S. The van der Waals surface area contributed by atoms with E-state index in [-0.39, 0.29) is 34.6 Å². The molecule has 0 bridgehead atoms. The van der Waals surface area contributed by atoms with Crippen LogP contribution in [0, 0.1) is 0 Å². The highest BCUT2D eigenvalue weighted by molar-refractivity contribution is 8.01. The number of nitrogens with zero attached hydrogens (tertiary/aromatic N) is 1. The van der Waals surface area contributed by atoms with Crippen LogP contribution in [-0.4, -0.2) is 44.5 Å². The third kappa shape index (κ3) is 2.38. The summed E-state index contributed by atoms with van der Waals surface area (Å²) in [4.78, 5) is 37.9. The first-order valence-corrected chi connectivity index (χ1v) is 9.31. The Hall–Kier alpha value is -2.54. The van der Waals surface area contributed by atoms with Crippen LogP contribution in [0.4, 0.5) is 0 Å². The number of amides is 2. The van der Waals surface area contributed by atoms with E-state index in [0.29, 0.717) is 0 Å². The average Bonchev–Trinajstić information content (AvgIpc) is 2.64. The number of benzene rings is 1. The Balaban J connectivity index is 1.52. The van der Waals surface area contributed by atoms with Crippen LogP contribution < -0.4 is 5.32 Å². The summed E-state index contributed by atoms with van der Waals surface area (Å²) in [6.45, 7) is 3.86. The summed E-state index contributed by atoms with van der Waals surface area (Å²) in [5, 5.41) is 12.0. The minimum atomic E-state index is -1.09. The van der Waals surface area contributed by atoms with Crippen molar-refractivity contribution in [3.63, 3.8) is 0 Å². The highest BCUT2D eigenvalue weighted by Crippen LogP contribution is 2.54. The topological polar surface area (TPSA) is 86.7 Å². The third-order valence-corrected chi connectivity index (χ3v) is 6.82. The lowest BCUT2D eigenvalue weighted by molar-refractivity contribution is -0.150. The molecule has 0 unspecified atom stereocenters. The second-order valence-corrected chi connectivity index (χ2v) is 7.92. The predicted molar refractivity (Wildman–Crippen MR) is 97.1 cm³/mol. The van der Waals surface area contributed by atoms with Crippen molar-refractivity contribution in [1.29, 1.82) is 0 Å². The number of carbonyl (C=O) groups is 3. The zero-order valence-corrected chi connectivity index (χ0v) is 15.2. The van der Waals surface area contributed by atoms with Gasteiger partial charge in [-0.2, -0.15) is 0 Å².